The summed E-state index contributed by atoms with van der Waals surface area (Å²) in [7, 11) is 0. The van der Waals surface area contributed by atoms with Crippen molar-refractivity contribution < 1.29 is 24.2 Å². The minimum absolute atomic E-state index is 0.0288. The van der Waals surface area contributed by atoms with Crippen molar-refractivity contribution in [3.63, 3.8) is 0 Å². The Bertz CT molecular complexity index is 970. The Balaban J connectivity index is 1.79. The second kappa shape index (κ2) is 8.57. The minimum Gasteiger partial charge on any atom is -0.489 e. The molecule has 0 aromatic heterocycles. The van der Waals surface area contributed by atoms with Crippen LogP contribution in [0, 0.1) is 13.8 Å². The van der Waals surface area contributed by atoms with Crippen LogP contribution < -0.4 is 10.1 Å². The van der Waals surface area contributed by atoms with E-state index in [1.54, 1.807) is 24.3 Å². The van der Waals surface area contributed by atoms with Gasteiger partial charge in [-0.05, 0) is 49.6 Å². The maximum Gasteiger partial charge on any atom is 0.405 e. The number of nitrogens with one attached hydrogen (secondary N) is 1. The number of carboxylic acid groups (broad SMARTS) is 1. The predicted octanol–water partition coefficient (Wildman–Crippen LogP) is 3.17. The van der Waals surface area contributed by atoms with Crippen LogP contribution in [0.5, 0.6) is 5.75 Å². The maximum atomic E-state index is 13.0. The Labute approximate surface area is 175 Å². The lowest BCUT2D eigenvalue weighted by atomic mass is 9.88. The van der Waals surface area contributed by atoms with Crippen LogP contribution in [0.3, 0.4) is 0 Å². The van der Waals surface area contributed by atoms with E-state index in [0.717, 1.165) is 16.7 Å². The zero-order chi connectivity index (χ0) is 21.9. The van der Waals surface area contributed by atoms with Gasteiger partial charge in [-0.1, -0.05) is 35.9 Å². The number of hydrogen-bond acceptors (Lipinski definition) is 4. The number of carbonyl (C=O) groups excluding carboxylic acids is 2. The Morgan fingerprint density at radius 1 is 1.17 bits per heavy atom. The number of hydrogen-bond donors (Lipinski definition) is 2. The minimum atomic E-state index is -1.40. The molecule has 0 spiro atoms. The summed E-state index contributed by atoms with van der Waals surface area (Å²) in [5.74, 6) is 0.0602. The monoisotopic (exact) mass is 410 g/mol. The van der Waals surface area contributed by atoms with Gasteiger partial charge in [-0.3, -0.25) is 9.59 Å². The number of nitrogens with zero attached hydrogens (tertiary/aromatic N) is 1. The van der Waals surface area contributed by atoms with Crippen LogP contribution in [-0.2, 0) is 21.7 Å². The van der Waals surface area contributed by atoms with Gasteiger partial charge < -0.3 is 20.1 Å². The number of ketones is 1. The van der Waals surface area contributed by atoms with Crippen molar-refractivity contribution in [2.75, 3.05) is 13.1 Å². The normalized spacial score (nSPS) is 18.4. The standard InChI is InChI=1S/C23H26N2O5/c1-15-4-5-16(2)18(12-15)14-30-20-8-6-19(7-9-20)23(24-22(28)29)10-11-25(21(23)27)13-17(3)26/h4-9,12,24H,10-11,13-14H2,1-3H3,(H,28,29). The van der Waals surface area contributed by atoms with Crippen LogP contribution >= 0.6 is 0 Å². The van der Waals surface area contributed by atoms with Crippen LogP contribution in [0.25, 0.3) is 0 Å². The molecule has 1 fully saturated rings. The van der Waals surface area contributed by atoms with Gasteiger partial charge in [-0.25, -0.2) is 4.79 Å². The molecule has 1 saturated heterocycles. The zero-order valence-corrected chi connectivity index (χ0v) is 17.4. The summed E-state index contributed by atoms with van der Waals surface area (Å²) in [5, 5.41) is 11.7. The van der Waals surface area contributed by atoms with Crippen molar-refractivity contribution in [2.45, 2.75) is 39.3 Å². The number of amides is 2. The summed E-state index contributed by atoms with van der Waals surface area (Å²) < 4.78 is 5.88. The molecule has 158 valence electrons. The van der Waals surface area contributed by atoms with Gasteiger partial charge in [-0.15, -0.1) is 0 Å². The SMILES string of the molecule is CC(=O)CN1CCC(NC(=O)O)(c2ccc(OCc3cc(C)ccc3C)cc2)C1=O. The second-order valence-corrected chi connectivity index (χ2v) is 7.76. The quantitative estimate of drug-likeness (QED) is 0.731. The first-order valence-electron chi connectivity index (χ1n) is 9.80. The molecule has 0 saturated carbocycles. The lowest BCUT2D eigenvalue weighted by Crippen LogP contribution is -2.51. The molecule has 0 aliphatic carbocycles. The predicted molar refractivity (Wildman–Crippen MR) is 111 cm³/mol. The molecule has 3 rings (SSSR count). The molecule has 2 amide bonds. The van der Waals surface area contributed by atoms with E-state index in [1.807, 2.05) is 13.8 Å². The molecular formula is C23H26N2O5. The van der Waals surface area contributed by atoms with Gasteiger partial charge in [0.25, 0.3) is 5.91 Å². The number of benzene rings is 2. The molecule has 2 aromatic rings. The van der Waals surface area contributed by atoms with Gasteiger partial charge in [0.1, 0.15) is 23.7 Å². The van der Waals surface area contributed by atoms with Gasteiger partial charge >= 0.3 is 6.09 Å². The largest absolute Gasteiger partial charge is 0.489 e. The van der Waals surface area contributed by atoms with Crippen LogP contribution in [0.1, 0.15) is 35.6 Å². The van der Waals surface area contributed by atoms with E-state index >= 15 is 0 Å². The first kappa shape index (κ1) is 21.4. The van der Waals surface area contributed by atoms with Gasteiger partial charge in [0.2, 0.25) is 0 Å². The first-order chi connectivity index (χ1) is 14.2. The molecule has 0 bridgehead atoms. The molecular weight excluding hydrogens is 384 g/mol. The van der Waals surface area contributed by atoms with Gasteiger partial charge in [0.15, 0.2) is 0 Å². The molecule has 1 atom stereocenters. The Kier molecular flexibility index (Phi) is 6.10. The summed E-state index contributed by atoms with van der Waals surface area (Å²) in [6, 6.07) is 13.0. The van der Waals surface area contributed by atoms with Crippen molar-refractivity contribution >= 4 is 17.8 Å². The first-order valence-corrected chi connectivity index (χ1v) is 9.80. The summed E-state index contributed by atoms with van der Waals surface area (Å²) in [6.45, 7) is 6.15. The average Bonchev–Trinajstić information content (AvgIpc) is 2.98. The fourth-order valence-electron chi connectivity index (χ4n) is 3.79. The van der Waals surface area contributed by atoms with Crippen LogP contribution in [-0.4, -0.2) is 40.9 Å². The van der Waals surface area contributed by atoms with Gasteiger partial charge in [0.05, 0.1) is 6.54 Å². The van der Waals surface area contributed by atoms with Crippen molar-refractivity contribution in [3.8, 4) is 5.75 Å². The lowest BCUT2D eigenvalue weighted by Gasteiger charge is -2.28. The lowest BCUT2D eigenvalue weighted by molar-refractivity contribution is -0.136. The molecule has 1 aliphatic heterocycles. The summed E-state index contributed by atoms with van der Waals surface area (Å²) in [4.78, 5) is 37.2. The fraction of sp³-hybridized carbons (Fsp3) is 0.348. The average molecular weight is 410 g/mol. The third-order valence-corrected chi connectivity index (χ3v) is 5.39. The highest BCUT2D eigenvalue weighted by Crippen LogP contribution is 2.34. The van der Waals surface area contributed by atoms with Crippen LogP contribution in [0.2, 0.25) is 0 Å². The number of aryl methyl sites for hydroxylation is 2. The van der Waals surface area contributed by atoms with Crippen LogP contribution in [0.15, 0.2) is 42.5 Å². The number of likely N-dealkylation sites (tertiary alicyclic amines) is 1. The molecule has 7 nitrogen and oxygen atoms in total. The fourth-order valence-corrected chi connectivity index (χ4v) is 3.79. The molecule has 2 aromatic carbocycles. The van der Waals surface area contributed by atoms with E-state index in [2.05, 4.69) is 23.5 Å². The highest BCUT2D eigenvalue weighted by atomic mass is 16.5. The van der Waals surface area contributed by atoms with E-state index in [4.69, 9.17) is 4.74 Å². The molecule has 0 radical (unpaired) electrons. The third-order valence-electron chi connectivity index (χ3n) is 5.39. The van der Waals surface area contributed by atoms with Crippen LogP contribution in [0.4, 0.5) is 4.79 Å². The third kappa shape index (κ3) is 4.45. The smallest absolute Gasteiger partial charge is 0.405 e. The molecule has 7 heteroatoms. The highest BCUT2D eigenvalue weighted by Gasteiger charge is 2.49. The summed E-state index contributed by atoms with van der Waals surface area (Å²) in [5.41, 5.74) is 2.52. The topological polar surface area (TPSA) is 95.9 Å². The molecule has 2 N–H and O–H groups in total. The van der Waals surface area contributed by atoms with E-state index in [-0.39, 0.29) is 18.7 Å². The molecule has 1 unspecified atom stereocenters. The highest BCUT2D eigenvalue weighted by molar-refractivity contribution is 5.95. The number of ether oxygens (including phenoxy) is 1. The Morgan fingerprint density at radius 3 is 2.50 bits per heavy atom. The van der Waals surface area contributed by atoms with E-state index < -0.39 is 17.5 Å². The molecule has 1 aliphatic rings. The van der Waals surface area contributed by atoms with Crippen molar-refractivity contribution in [1.82, 2.24) is 10.2 Å². The van der Waals surface area contributed by atoms with Gasteiger partial charge in [-0.2, -0.15) is 0 Å². The van der Waals surface area contributed by atoms with Crippen molar-refractivity contribution in [2.24, 2.45) is 0 Å². The number of rotatable bonds is 7. The number of carbonyl (C=O) groups is 3. The maximum absolute atomic E-state index is 13.0. The summed E-state index contributed by atoms with van der Waals surface area (Å²) in [6.07, 6.45) is -1.03. The van der Waals surface area contributed by atoms with Gasteiger partial charge in [0, 0.05) is 13.0 Å². The zero-order valence-electron chi connectivity index (χ0n) is 17.4. The van der Waals surface area contributed by atoms with Crippen molar-refractivity contribution in [3.05, 3.63) is 64.7 Å². The second-order valence-electron chi connectivity index (χ2n) is 7.76. The molecule has 1 heterocycles. The Hall–Kier alpha value is -3.35. The van der Waals surface area contributed by atoms with E-state index in [1.165, 1.54) is 11.8 Å². The number of Topliss-reactive ketones (excluding diaryl/α,β-unsaturated/α-hetero) is 1. The molecule has 30 heavy (non-hydrogen) atoms. The Morgan fingerprint density at radius 2 is 1.87 bits per heavy atom. The van der Waals surface area contributed by atoms with Crippen molar-refractivity contribution in [1.29, 1.82) is 0 Å². The summed E-state index contributed by atoms with van der Waals surface area (Å²) >= 11 is 0. The van der Waals surface area contributed by atoms with E-state index in [0.29, 0.717) is 24.5 Å². The van der Waals surface area contributed by atoms with E-state index in [9.17, 15) is 19.5 Å².